The number of allylic oxidation sites excluding steroid dienone is 2. The van der Waals surface area contributed by atoms with Crippen molar-refractivity contribution in [1.82, 2.24) is 0 Å². The summed E-state index contributed by atoms with van der Waals surface area (Å²) < 4.78 is 0. The van der Waals surface area contributed by atoms with Crippen molar-refractivity contribution in [3.05, 3.63) is 53.2 Å². The summed E-state index contributed by atoms with van der Waals surface area (Å²) in [6.07, 6.45) is 1.49. The SMILES string of the molecule is C=C(C#N)N=CC(=C)c1ccc(C)cc1Cl. The van der Waals surface area contributed by atoms with E-state index in [2.05, 4.69) is 18.2 Å². The van der Waals surface area contributed by atoms with Gasteiger partial charge in [-0.1, -0.05) is 36.9 Å². The Labute approximate surface area is 100 Å². The summed E-state index contributed by atoms with van der Waals surface area (Å²) in [5.74, 6) is 0. The Bertz CT molecular complexity index is 507. The summed E-state index contributed by atoms with van der Waals surface area (Å²) in [5.41, 5.74) is 2.69. The largest absolute Gasteiger partial charge is 0.246 e. The van der Waals surface area contributed by atoms with Gasteiger partial charge in [-0.2, -0.15) is 5.26 Å². The van der Waals surface area contributed by atoms with Crippen LogP contribution < -0.4 is 0 Å². The predicted octanol–water partition coefficient (Wildman–Crippen LogP) is 3.77. The molecule has 0 amide bonds. The zero-order valence-electron chi connectivity index (χ0n) is 9.00. The lowest BCUT2D eigenvalue weighted by Crippen LogP contribution is -1.87. The maximum atomic E-state index is 8.49. The van der Waals surface area contributed by atoms with Gasteiger partial charge in [-0.05, 0) is 24.1 Å². The number of hydrogen-bond donors (Lipinski definition) is 0. The standard InChI is InChI=1S/C13H11ClN2/c1-9-4-5-12(13(14)6-9)10(2)8-16-11(3)7-15/h4-6,8H,2-3H2,1H3. The molecule has 3 heteroatoms. The van der Waals surface area contributed by atoms with E-state index in [9.17, 15) is 0 Å². The molecule has 0 radical (unpaired) electrons. The number of benzene rings is 1. The summed E-state index contributed by atoms with van der Waals surface area (Å²) >= 11 is 6.06. The van der Waals surface area contributed by atoms with Crippen molar-refractivity contribution in [3.8, 4) is 6.07 Å². The lowest BCUT2D eigenvalue weighted by Gasteiger charge is -2.04. The van der Waals surface area contributed by atoms with Crippen molar-refractivity contribution in [3.63, 3.8) is 0 Å². The molecule has 0 aliphatic rings. The zero-order chi connectivity index (χ0) is 12.1. The van der Waals surface area contributed by atoms with E-state index < -0.39 is 0 Å². The monoisotopic (exact) mass is 230 g/mol. The number of aryl methyl sites for hydroxylation is 1. The zero-order valence-corrected chi connectivity index (χ0v) is 9.75. The van der Waals surface area contributed by atoms with E-state index in [0.29, 0.717) is 10.6 Å². The van der Waals surface area contributed by atoms with Crippen molar-refractivity contribution in [2.45, 2.75) is 6.92 Å². The van der Waals surface area contributed by atoms with E-state index >= 15 is 0 Å². The highest BCUT2D eigenvalue weighted by Gasteiger charge is 2.02. The Morgan fingerprint density at radius 2 is 2.19 bits per heavy atom. The van der Waals surface area contributed by atoms with Gasteiger partial charge in [-0.15, -0.1) is 0 Å². The fraction of sp³-hybridized carbons (Fsp3) is 0.0769. The van der Waals surface area contributed by atoms with Gasteiger partial charge in [0.25, 0.3) is 0 Å². The van der Waals surface area contributed by atoms with Crippen LogP contribution >= 0.6 is 11.6 Å². The van der Waals surface area contributed by atoms with Gasteiger partial charge in [0.05, 0.1) is 0 Å². The lowest BCUT2D eigenvalue weighted by molar-refractivity contribution is 1.41. The molecular formula is C13H11ClN2. The molecule has 0 heterocycles. The molecule has 16 heavy (non-hydrogen) atoms. The molecule has 80 valence electrons. The van der Waals surface area contributed by atoms with Crippen molar-refractivity contribution in [2.24, 2.45) is 4.99 Å². The molecule has 0 unspecified atom stereocenters. The Hall–Kier alpha value is -1.85. The first kappa shape index (κ1) is 12.2. The Balaban J connectivity index is 2.94. The van der Waals surface area contributed by atoms with Gasteiger partial charge in [0.2, 0.25) is 0 Å². The van der Waals surface area contributed by atoms with Crippen LogP contribution in [0.1, 0.15) is 11.1 Å². The van der Waals surface area contributed by atoms with E-state index in [1.54, 1.807) is 0 Å². The summed E-state index contributed by atoms with van der Waals surface area (Å²) in [6, 6.07) is 7.51. The highest BCUT2D eigenvalue weighted by atomic mass is 35.5. The molecule has 0 N–H and O–H groups in total. The molecule has 0 fully saturated rings. The second-order valence-corrected chi connectivity index (χ2v) is 3.73. The first-order valence-electron chi connectivity index (χ1n) is 4.63. The predicted molar refractivity (Wildman–Crippen MR) is 68.5 cm³/mol. The second kappa shape index (κ2) is 5.29. The quantitative estimate of drug-likeness (QED) is 0.575. The third-order valence-electron chi connectivity index (χ3n) is 1.98. The third-order valence-corrected chi connectivity index (χ3v) is 2.29. The molecule has 0 aliphatic heterocycles. The fourth-order valence-corrected chi connectivity index (χ4v) is 1.49. The van der Waals surface area contributed by atoms with Crippen LogP contribution in [0, 0.1) is 18.3 Å². The van der Waals surface area contributed by atoms with Crippen LogP contribution in [0.4, 0.5) is 0 Å². The minimum Gasteiger partial charge on any atom is -0.246 e. The second-order valence-electron chi connectivity index (χ2n) is 3.33. The number of hydrogen-bond acceptors (Lipinski definition) is 2. The van der Waals surface area contributed by atoms with E-state index in [0.717, 1.165) is 11.1 Å². The molecular weight excluding hydrogens is 220 g/mol. The number of nitriles is 1. The number of nitrogens with zero attached hydrogens (tertiary/aromatic N) is 2. The van der Waals surface area contributed by atoms with Gasteiger partial charge in [0.15, 0.2) is 0 Å². The Kier molecular flexibility index (Phi) is 4.04. The summed E-state index contributed by atoms with van der Waals surface area (Å²) in [5, 5.41) is 9.11. The van der Waals surface area contributed by atoms with Crippen LogP contribution in [0.25, 0.3) is 5.57 Å². The molecule has 0 saturated carbocycles. The van der Waals surface area contributed by atoms with E-state index in [4.69, 9.17) is 16.9 Å². The summed E-state index contributed by atoms with van der Waals surface area (Å²) in [6.45, 7) is 9.24. The average molecular weight is 231 g/mol. The molecule has 1 rings (SSSR count). The molecule has 0 aromatic heterocycles. The van der Waals surface area contributed by atoms with Crippen LogP contribution in [-0.2, 0) is 0 Å². The highest BCUT2D eigenvalue weighted by molar-refractivity contribution is 6.33. The highest BCUT2D eigenvalue weighted by Crippen LogP contribution is 2.23. The van der Waals surface area contributed by atoms with Gasteiger partial charge in [-0.3, -0.25) is 0 Å². The molecule has 2 nitrogen and oxygen atoms in total. The fourth-order valence-electron chi connectivity index (χ4n) is 1.13. The summed E-state index contributed by atoms with van der Waals surface area (Å²) in [7, 11) is 0. The molecule has 1 aromatic carbocycles. The normalized spacial score (nSPS) is 10.1. The molecule has 0 aliphatic carbocycles. The van der Waals surface area contributed by atoms with E-state index in [-0.39, 0.29) is 5.70 Å². The van der Waals surface area contributed by atoms with Crippen molar-refractivity contribution in [2.75, 3.05) is 0 Å². The number of rotatable bonds is 3. The maximum Gasteiger partial charge on any atom is 0.133 e. The number of aliphatic imine (C=N–C) groups is 1. The Morgan fingerprint density at radius 3 is 2.75 bits per heavy atom. The van der Waals surface area contributed by atoms with Gasteiger partial charge >= 0.3 is 0 Å². The van der Waals surface area contributed by atoms with Crippen molar-refractivity contribution >= 4 is 23.4 Å². The van der Waals surface area contributed by atoms with E-state index in [1.165, 1.54) is 6.21 Å². The van der Waals surface area contributed by atoms with Crippen LogP contribution in [0.5, 0.6) is 0 Å². The number of halogens is 1. The van der Waals surface area contributed by atoms with Gasteiger partial charge < -0.3 is 0 Å². The molecule has 0 spiro atoms. The topological polar surface area (TPSA) is 36.1 Å². The van der Waals surface area contributed by atoms with E-state index in [1.807, 2.05) is 31.2 Å². The van der Waals surface area contributed by atoms with Crippen LogP contribution in [0.15, 0.2) is 42.0 Å². The first-order valence-corrected chi connectivity index (χ1v) is 5.01. The van der Waals surface area contributed by atoms with Crippen molar-refractivity contribution in [1.29, 1.82) is 5.26 Å². The maximum absolute atomic E-state index is 8.49. The smallest absolute Gasteiger partial charge is 0.133 e. The first-order chi connectivity index (χ1) is 7.54. The van der Waals surface area contributed by atoms with Crippen LogP contribution in [0.2, 0.25) is 5.02 Å². The Morgan fingerprint density at radius 1 is 1.50 bits per heavy atom. The van der Waals surface area contributed by atoms with Crippen LogP contribution in [-0.4, -0.2) is 6.21 Å². The van der Waals surface area contributed by atoms with Gasteiger partial charge in [0, 0.05) is 16.8 Å². The van der Waals surface area contributed by atoms with Crippen molar-refractivity contribution < 1.29 is 0 Å². The van der Waals surface area contributed by atoms with Gasteiger partial charge in [0.1, 0.15) is 11.8 Å². The lowest BCUT2D eigenvalue weighted by atomic mass is 10.1. The molecule has 1 aromatic rings. The summed E-state index contributed by atoms with van der Waals surface area (Å²) in [4.78, 5) is 3.84. The molecule has 0 bridgehead atoms. The minimum atomic E-state index is 0.143. The third kappa shape index (κ3) is 3.08. The van der Waals surface area contributed by atoms with Gasteiger partial charge in [-0.25, -0.2) is 4.99 Å². The average Bonchev–Trinajstić information content (AvgIpc) is 2.25. The minimum absolute atomic E-state index is 0.143. The van der Waals surface area contributed by atoms with Crippen LogP contribution in [0.3, 0.4) is 0 Å². The molecule has 0 saturated heterocycles. The molecule has 0 atom stereocenters.